The van der Waals surface area contributed by atoms with E-state index in [4.69, 9.17) is 0 Å². The van der Waals surface area contributed by atoms with Crippen molar-refractivity contribution in [3.63, 3.8) is 0 Å². The fourth-order valence-corrected chi connectivity index (χ4v) is 4.16. The Hall–Kier alpha value is -3.09. The molecule has 1 saturated heterocycles. The molecule has 1 aliphatic rings. The molecule has 0 saturated carbocycles. The van der Waals surface area contributed by atoms with Gasteiger partial charge in [0.1, 0.15) is 5.82 Å². The number of rotatable bonds is 6. The van der Waals surface area contributed by atoms with Crippen molar-refractivity contribution in [3.8, 4) is 0 Å². The monoisotopic (exact) mass is 410 g/mol. The molecule has 158 valence electrons. The van der Waals surface area contributed by atoms with E-state index in [0.29, 0.717) is 45.7 Å². The SMILES string of the molecule is CCCn1c(=O)n(CCC(=O)N2CCN(c3ccc(F)cc3)CC2)c2ccccc21. The second-order valence-electron chi connectivity index (χ2n) is 7.67. The first-order chi connectivity index (χ1) is 14.6. The van der Waals surface area contributed by atoms with Crippen LogP contribution in [0.5, 0.6) is 0 Å². The van der Waals surface area contributed by atoms with Crippen LogP contribution in [0.25, 0.3) is 11.0 Å². The molecule has 1 fully saturated rings. The van der Waals surface area contributed by atoms with E-state index in [1.54, 1.807) is 21.3 Å². The quantitative estimate of drug-likeness (QED) is 0.628. The number of hydrogen-bond donors (Lipinski definition) is 0. The number of fused-ring (bicyclic) bond motifs is 1. The van der Waals surface area contributed by atoms with Gasteiger partial charge in [-0.15, -0.1) is 0 Å². The highest BCUT2D eigenvalue weighted by molar-refractivity contribution is 5.78. The molecule has 0 spiro atoms. The molecule has 0 bridgehead atoms. The number of piperazine rings is 1. The van der Waals surface area contributed by atoms with Crippen LogP contribution in [0.2, 0.25) is 0 Å². The third-order valence-electron chi connectivity index (χ3n) is 5.75. The maximum atomic E-state index is 13.1. The Morgan fingerprint density at radius 1 is 0.900 bits per heavy atom. The van der Waals surface area contributed by atoms with E-state index >= 15 is 0 Å². The number of aromatic nitrogens is 2. The summed E-state index contributed by atoms with van der Waals surface area (Å²) in [6.45, 7) is 5.79. The van der Waals surface area contributed by atoms with Gasteiger partial charge in [-0.3, -0.25) is 13.9 Å². The number of nitrogens with zero attached hydrogens (tertiary/aromatic N) is 4. The normalized spacial score (nSPS) is 14.5. The maximum absolute atomic E-state index is 13.1. The zero-order valence-electron chi connectivity index (χ0n) is 17.3. The van der Waals surface area contributed by atoms with Crippen LogP contribution in [0.15, 0.2) is 53.3 Å². The number of imidazole rings is 1. The molecule has 30 heavy (non-hydrogen) atoms. The predicted molar refractivity (Wildman–Crippen MR) is 116 cm³/mol. The van der Waals surface area contributed by atoms with Crippen molar-refractivity contribution in [1.29, 1.82) is 0 Å². The number of amides is 1. The number of carbonyl (C=O) groups is 1. The molecule has 3 aromatic rings. The van der Waals surface area contributed by atoms with Gasteiger partial charge in [-0.25, -0.2) is 9.18 Å². The number of para-hydroxylation sites is 2. The van der Waals surface area contributed by atoms with E-state index in [1.165, 1.54) is 12.1 Å². The lowest BCUT2D eigenvalue weighted by atomic mass is 10.2. The summed E-state index contributed by atoms with van der Waals surface area (Å²) in [4.78, 5) is 29.6. The molecule has 1 aromatic heterocycles. The molecule has 2 aromatic carbocycles. The minimum Gasteiger partial charge on any atom is -0.368 e. The molecule has 1 aliphatic heterocycles. The Labute approximate surface area is 175 Å². The van der Waals surface area contributed by atoms with E-state index < -0.39 is 0 Å². The minimum atomic E-state index is -0.247. The first-order valence-corrected chi connectivity index (χ1v) is 10.5. The second-order valence-corrected chi connectivity index (χ2v) is 7.67. The molecule has 0 unspecified atom stereocenters. The Balaban J connectivity index is 1.39. The Morgan fingerprint density at radius 2 is 1.50 bits per heavy atom. The molecule has 0 radical (unpaired) electrons. The zero-order chi connectivity index (χ0) is 21.1. The van der Waals surface area contributed by atoms with Crippen LogP contribution in [0.1, 0.15) is 19.8 Å². The lowest BCUT2D eigenvalue weighted by Gasteiger charge is -2.36. The van der Waals surface area contributed by atoms with Gasteiger partial charge in [0, 0.05) is 51.4 Å². The summed E-state index contributed by atoms with van der Waals surface area (Å²) in [5, 5.41) is 0. The maximum Gasteiger partial charge on any atom is 0.329 e. The van der Waals surface area contributed by atoms with E-state index in [2.05, 4.69) is 4.90 Å². The van der Waals surface area contributed by atoms with E-state index in [0.717, 1.165) is 23.1 Å². The zero-order valence-corrected chi connectivity index (χ0v) is 17.3. The lowest BCUT2D eigenvalue weighted by Crippen LogP contribution is -2.49. The van der Waals surface area contributed by atoms with E-state index in [-0.39, 0.29) is 17.4 Å². The Kier molecular flexibility index (Phi) is 5.88. The van der Waals surface area contributed by atoms with Gasteiger partial charge in [0.25, 0.3) is 0 Å². The van der Waals surface area contributed by atoms with Crippen LogP contribution in [0.4, 0.5) is 10.1 Å². The third-order valence-corrected chi connectivity index (χ3v) is 5.75. The van der Waals surface area contributed by atoms with Gasteiger partial charge in [0.05, 0.1) is 11.0 Å². The van der Waals surface area contributed by atoms with Crippen molar-refractivity contribution in [2.75, 3.05) is 31.1 Å². The number of carbonyl (C=O) groups excluding carboxylic acids is 1. The third kappa shape index (κ3) is 3.97. The van der Waals surface area contributed by atoms with Gasteiger partial charge in [-0.2, -0.15) is 0 Å². The van der Waals surface area contributed by atoms with Crippen LogP contribution in [-0.2, 0) is 17.9 Å². The van der Waals surface area contributed by atoms with Crippen LogP contribution in [0.3, 0.4) is 0 Å². The van der Waals surface area contributed by atoms with Crippen molar-refractivity contribution >= 4 is 22.6 Å². The Morgan fingerprint density at radius 3 is 2.10 bits per heavy atom. The van der Waals surface area contributed by atoms with Gasteiger partial charge in [-0.1, -0.05) is 19.1 Å². The van der Waals surface area contributed by atoms with E-state index in [1.807, 2.05) is 36.1 Å². The van der Waals surface area contributed by atoms with Gasteiger partial charge < -0.3 is 9.80 Å². The summed E-state index contributed by atoms with van der Waals surface area (Å²) in [5.41, 5.74) is 2.72. The minimum absolute atomic E-state index is 0.0491. The predicted octanol–water partition coefficient (Wildman–Crippen LogP) is 3.09. The summed E-state index contributed by atoms with van der Waals surface area (Å²) in [5.74, 6) is -0.184. The topological polar surface area (TPSA) is 50.5 Å². The average molecular weight is 410 g/mol. The fraction of sp³-hybridized carbons (Fsp3) is 0.391. The molecule has 2 heterocycles. The van der Waals surface area contributed by atoms with Crippen molar-refractivity contribution in [2.45, 2.75) is 32.9 Å². The first kappa shape index (κ1) is 20.2. The summed E-state index contributed by atoms with van der Waals surface area (Å²) in [7, 11) is 0. The number of benzene rings is 2. The summed E-state index contributed by atoms with van der Waals surface area (Å²) in [6.07, 6.45) is 1.18. The molecule has 6 nitrogen and oxygen atoms in total. The Bertz CT molecular complexity index is 1080. The highest BCUT2D eigenvalue weighted by Gasteiger charge is 2.22. The van der Waals surface area contributed by atoms with Gasteiger partial charge in [-0.05, 0) is 42.8 Å². The van der Waals surface area contributed by atoms with Crippen LogP contribution < -0.4 is 10.6 Å². The van der Waals surface area contributed by atoms with Crippen LogP contribution in [-0.4, -0.2) is 46.1 Å². The molecule has 1 amide bonds. The fourth-order valence-electron chi connectivity index (χ4n) is 4.16. The first-order valence-electron chi connectivity index (χ1n) is 10.5. The van der Waals surface area contributed by atoms with Crippen molar-refractivity contribution in [3.05, 3.63) is 64.8 Å². The molecule has 0 atom stereocenters. The number of aryl methyl sites for hydroxylation is 2. The lowest BCUT2D eigenvalue weighted by molar-refractivity contribution is -0.131. The van der Waals surface area contributed by atoms with E-state index in [9.17, 15) is 14.0 Å². The molecule has 4 rings (SSSR count). The van der Waals surface area contributed by atoms with Crippen molar-refractivity contribution in [1.82, 2.24) is 14.0 Å². The molecule has 0 N–H and O–H groups in total. The second kappa shape index (κ2) is 8.73. The summed E-state index contributed by atoms with van der Waals surface area (Å²) in [6, 6.07) is 14.2. The van der Waals surface area contributed by atoms with Crippen LogP contribution in [0, 0.1) is 5.82 Å². The average Bonchev–Trinajstić information content (AvgIpc) is 3.04. The number of hydrogen-bond acceptors (Lipinski definition) is 3. The molecular weight excluding hydrogens is 383 g/mol. The number of halogens is 1. The molecule has 0 aliphatic carbocycles. The number of anilines is 1. The largest absolute Gasteiger partial charge is 0.368 e. The molecular formula is C23H27FN4O2. The van der Waals surface area contributed by atoms with Gasteiger partial charge in [0.2, 0.25) is 5.91 Å². The highest BCUT2D eigenvalue weighted by Crippen LogP contribution is 2.18. The summed E-state index contributed by atoms with van der Waals surface area (Å²) < 4.78 is 16.6. The molecule has 7 heteroatoms. The van der Waals surface area contributed by atoms with Crippen molar-refractivity contribution in [2.24, 2.45) is 0 Å². The van der Waals surface area contributed by atoms with Gasteiger partial charge in [0.15, 0.2) is 0 Å². The van der Waals surface area contributed by atoms with Crippen LogP contribution >= 0.6 is 0 Å². The smallest absolute Gasteiger partial charge is 0.329 e. The highest BCUT2D eigenvalue weighted by atomic mass is 19.1. The van der Waals surface area contributed by atoms with Crippen molar-refractivity contribution < 1.29 is 9.18 Å². The van der Waals surface area contributed by atoms with Gasteiger partial charge >= 0.3 is 5.69 Å². The summed E-state index contributed by atoms with van der Waals surface area (Å²) >= 11 is 0. The standard InChI is InChI=1S/C23H27FN4O2/c1-2-12-27-20-5-3-4-6-21(20)28(23(27)30)13-11-22(29)26-16-14-25(15-17-26)19-9-7-18(24)8-10-19/h3-10H,2,11-17H2,1H3.